The molecule has 1 saturated heterocycles. The summed E-state index contributed by atoms with van der Waals surface area (Å²) in [6, 6.07) is 11.0. The number of nitrogens with one attached hydrogen (secondary N) is 1. The minimum Gasteiger partial charge on any atom is -0.307 e. The Kier molecular flexibility index (Phi) is 4.08. The van der Waals surface area contributed by atoms with Crippen LogP contribution in [-0.4, -0.2) is 26.9 Å². The van der Waals surface area contributed by atoms with Crippen molar-refractivity contribution in [1.29, 1.82) is 0 Å². The maximum Gasteiger partial charge on any atom is 0.472 e. The van der Waals surface area contributed by atoms with Gasteiger partial charge in [-0.25, -0.2) is 0 Å². The van der Waals surface area contributed by atoms with Gasteiger partial charge in [-0.3, -0.25) is 14.2 Å². The number of nitrogens with zero attached hydrogens (tertiary/aromatic N) is 1. The first-order valence-corrected chi connectivity index (χ1v) is 8.88. The number of rotatable bonds is 1. The zero-order valence-electron chi connectivity index (χ0n) is 13.3. The van der Waals surface area contributed by atoms with Crippen molar-refractivity contribution in [3.05, 3.63) is 52.9 Å². The summed E-state index contributed by atoms with van der Waals surface area (Å²) in [6.45, 7) is 0. The molecule has 0 atom stereocenters. The molecule has 0 spiro atoms. The molecule has 1 fully saturated rings. The monoisotopic (exact) mass is 406 g/mol. The topological polar surface area (TPSA) is 51.1 Å². The smallest absolute Gasteiger partial charge is 0.307 e. The molecular formula is C18H9F3N2O2S2. The van der Waals surface area contributed by atoms with E-state index in [4.69, 9.17) is 12.2 Å². The Morgan fingerprint density at radius 2 is 1.81 bits per heavy atom. The summed E-state index contributed by atoms with van der Waals surface area (Å²) >= 11 is 6.05. The molecule has 0 aliphatic carbocycles. The van der Waals surface area contributed by atoms with Crippen LogP contribution in [0.1, 0.15) is 10.4 Å². The number of thioether (sulfide) groups is 1. The number of para-hydroxylation sites is 1. The van der Waals surface area contributed by atoms with Crippen LogP contribution in [-0.2, 0) is 4.79 Å². The van der Waals surface area contributed by atoms with Crippen LogP contribution < -0.4 is 5.32 Å². The van der Waals surface area contributed by atoms with Gasteiger partial charge in [0, 0.05) is 10.8 Å². The van der Waals surface area contributed by atoms with Crippen LogP contribution in [0.2, 0.25) is 0 Å². The highest BCUT2D eigenvalue weighted by Crippen LogP contribution is 2.33. The van der Waals surface area contributed by atoms with Crippen molar-refractivity contribution < 1.29 is 22.8 Å². The molecule has 1 aromatic heterocycles. The van der Waals surface area contributed by atoms with Crippen molar-refractivity contribution in [1.82, 2.24) is 9.88 Å². The summed E-state index contributed by atoms with van der Waals surface area (Å²) in [5, 5.41) is 3.51. The number of hydrogen-bond acceptors (Lipinski definition) is 4. The molecule has 3 aromatic rings. The van der Waals surface area contributed by atoms with Gasteiger partial charge in [-0.1, -0.05) is 48.2 Å². The summed E-state index contributed by atoms with van der Waals surface area (Å²) in [5.74, 6) is -2.27. The van der Waals surface area contributed by atoms with Crippen LogP contribution in [0.25, 0.3) is 27.9 Å². The van der Waals surface area contributed by atoms with E-state index < -0.39 is 12.1 Å². The molecule has 1 aliphatic heterocycles. The molecule has 0 bridgehead atoms. The van der Waals surface area contributed by atoms with E-state index in [2.05, 4.69) is 5.32 Å². The number of alkyl halides is 3. The molecule has 4 rings (SSSR count). The highest BCUT2D eigenvalue weighted by molar-refractivity contribution is 8.26. The van der Waals surface area contributed by atoms with E-state index in [1.165, 1.54) is 12.1 Å². The van der Waals surface area contributed by atoms with Gasteiger partial charge >= 0.3 is 12.1 Å². The normalized spacial score (nSPS) is 16.5. The molecule has 4 nitrogen and oxygen atoms in total. The van der Waals surface area contributed by atoms with Crippen molar-refractivity contribution in [3.63, 3.8) is 0 Å². The van der Waals surface area contributed by atoms with Gasteiger partial charge in [0.1, 0.15) is 4.32 Å². The van der Waals surface area contributed by atoms with E-state index in [0.717, 1.165) is 11.8 Å². The van der Waals surface area contributed by atoms with Crippen LogP contribution in [0.4, 0.5) is 13.2 Å². The summed E-state index contributed by atoms with van der Waals surface area (Å²) in [4.78, 5) is 24.2. The SMILES string of the molecule is O=C1NC(=S)S/C1=C/c1ccc2c(c1)c1ccccc1n2C(=O)C(F)(F)F. The largest absolute Gasteiger partial charge is 0.472 e. The van der Waals surface area contributed by atoms with Crippen molar-refractivity contribution in [2.24, 2.45) is 0 Å². The molecule has 2 aromatic carbocycles. The van der Waals surface area contributed by atoms with Gasteiger partial charge < -0.3 is 5.32 Å². The maximum atomic E-state index is 13.1. The van der Waals surface area contributed by atoms with Gasteiger partial charge in [-0.15, -0.1) is 0 Å². The number of carbonyl (C=O) groups excluding carboxylic acids is 2. The Balaban J connectivity index is 1.94. The quantitative estimate of drug-likeness (QED) is 0.478. The number of thiocarbonyl (C=S) groups is 1. The van der Waals surface area contributed by atoms with Crippen molar-refractivity contribution in [3.8, 4) is 0 Å². The lowest BCUT2D eigenvalue weighted by atomic mass is 10.1. The first-order chi connectivity index (χ1) is 12.8. The van der Waals surface area contributed by atoms with E-state index in [0.29, 0.717) is 30.1 Å². The minimum absolute atomic E-state index is 0.153. The number of amides is 1. The Morgan fingerprint density at radius 3 is 2.48 bits per heavy atom. The van der Waals surface area contributed by atoms with Gasteiger partial charge in [0.2, 0.25) is 0 Å². The fourth-order valence-corrected chi connectivity index (χ4v) is 4.04. The number of benzene rings is 2. The lowest BCUT2D eigenvalue weighted by Gasteiger charge is -2.08. The summed E-state index contributed by atoms with van der Waals surface area (Å²) < 4.78 is 40.2. The van der Waals surface area contributed by atoms with Crippen LogP contribution in [0, 0.1) is 0 Å². The van der Waals surface area contributed by atoms with Crippen LogP contribution in [0.3, 0.4) is 0 Å². The zero-order chi connectivity index (χ0) is 19.3. The molecule has 2 heterocycles. The Morgan fingerprint density at radius 1 is 1.11 bits per heavy atom. The third-order valence-electron chi connectivity index (χ3n) is 4.08. The first-order valence-electron chi connectivity index (χ1n) is 7.65. The summed E-state index contributed by atoms with van der Waals surface area (Å²) in [6.07, 6.45) is -3.39. The second-order valence-electron chi connectivity index (χ2n) is 5.78. The summed E-state index contributed by atoms with van der Waals surface area (Å²) in [7, 11) is 0. The van der Waals surface area contributed by atoms with E-state index in [1.807, 2.05) is 0 Å². The highest BCUT2D eigenvalue weighted by atomic mass is 32.2. The van der Waals surface area contributed by atoms with Gasteiger partial charge in [-0.2, -0.15) is 13.2 Å². The van der Waals surface area contributed by atoms with Gasteiger partial charge in [-0.05, 0) is 29.8 Å². The minimum atomic E-state index is -5.00. The van der Waals surface area contributed by atoms with Gasteiger partial charge in [0.05, 0.1) is 15.9 Å². The number of aromatic nitrogens is 1. The molecule has 27 heavy (non-hydrogen) atoms. The summed E-state index contributed by atoms with van der Waals surface area (Å²) in [5.41, 5.74) is 0.945. The van der Waals surface area contributed by atoms with E-state index in [1.54, 1.807) is 36.4 Å². The Bertz CT molecular complexity index is 1180. The maximum absolute atomic E-state index is 13.1. The van der Waals surface area contributed by atoms with Gasteiger partial charge in [0.15, 0.2) is 0 Å². The van der Waals surface area contributed by atoms with Crippen LogP contribution >= 0.6 is 24.0 Å². The molecule has 1 aliphatic rings. The predicted octanol–water partition coefficient (Wildman–Crippen LogP) is 4.49. The van der Waals surface area contributed by atoms with Gasteiger partial charge in [0.25, 0.3) is 5.91 Å². The lowest BCUT2D eigenvalue weighted by molar-refractivity contribution is -0.115. The van der Waals surface area contributed by atoms with Crippen molar-refractivity contribution in [2.45, 2.75) is 6.18 Å². The molecule has 0 unspecified atom stereocenters. The third-order valence-corrected chi connectivity index (χ3v) is 5.24. The fourth-order valence-electron chi connectivity index (χ4n) is 3.00. The second-order valence-corrected chi connectivity index (χ2v) is 7.50. The second kappa shape index (κ2) is 6.21. The van der Waals surface area contributed by atoms with Crippen LogP contribution in [0.5, 0.6) is 0 Å². The molecule has 1 N–H and O–H groups in total. The molecular weight excluding hydrogens is 397 g/mol. The number of fused-ring (bicyclic) bond motifs is 3. The number of carbonyl (C=O) groups is 2. The number of hydrogen-bond donors (Lipinski definition) is 1. The highest BCUT2D eigenvalue weighted by Gasteiger charge is 2.41. The first kappa shape index (κ1) is 17.7. The zero-order valence-corrected chi connectivity index (χ0v) is 15.0. The Hall–Kier alpha value is -2.65. The predicted molar refractivity (Wildman–Crippen MR) is 102 cm³/mol. The third kappa shape index (κ3) is 3.02. The van der Waals surface area contributed by atoms with E-state index in [9.17, 15) is 22.8 Å². The van der Waals surface area contributed by atoms with E-state index in [-0.39, 0.29) is 16.9 Å². The lowest BCUT2D eigenvalue weighted by Crippen LogP contribution is -2.28. The standard InChI is InChI=1S/C18H9F3N2O2S2/c19-18(20,21)16(25)23-12-4-2-1-3-10(12)11-7-9(5-6-13(11)23)8-14-15(24)22-17(26)27-14/h1-8H,(H,22,24,26)/b14-8+. The molecule has 9 heteroatoms. The van der Waals surface area contributed by atoms with Crippen molar-refractivity contribution in [2.75, 3.05) is 0 Å². The molecule has 0 saturated carbocycles. The van der Waals surface area contributed by atoms with E-state index >= 15 is 0 Å². The molecule has 1 amide bonds. The van der Waals surface area contributed by atoms with Crippen molar-refractivity contribution >= 4 is 68.0 Å². The fraction of sp³-hybridized carbons (Fsp3) is 0.0556. The molecule has 136 valence electrons. The Labute approximate surface area is 160 Å². The number of halogens is 3. The average molecular weight is 406 g/mol. The molecule has 0 radical (unpaired) electrons. The average Bonchev–Trinajstić information content (AvgIpc) is 3.10. The van der Waals surface area contributed by atoms with Crippen LogP contribution in [0.15, 0.2) is 47.4 Å².